The van der Waals surface area contributed by atoms with Gasteiger partial charge in [-0.25, -0.2) is 4.98 Å². The van der Waals surface area contributed by atoms with Crippen molar-refractivity contribution >= 4 is 17.4 Å². The average Bonchev–Trinajstić information content (AvgIpc) is 2.85. The van der Waals surface area contributed by atoms with Gasteiger partial charge >= 0.3 is 0 Å². The number of carbonyl (C=O) groups excluding carboxylic acids is 1. The van der Waals surface area contributed by atoms with Crippen molar-refractivity contribution in [2.45, 2.75) is 56.7 Å². The number of pyridine rings is 1. The first kappa shape index (κ1) is 22.7. The van der Waals surface area contributed by atoms with Crippen LogP contribution in [0, 0.1) is 17.8 Å². The van der Waals surface area contributed by atoms with Gasteiger partial charge in [0, 0.05) is 37.4 Å². The van der Waals surface area contributed by atoms with E-state index >= 15 is 0 Å². The fraction of sp³-hybridized carbons (Fsp3) is 0.571. The number of carbonyl (C=O) groups is 1. The molecule has 4 aliphatic carbocycles. The summed E-state index contributed by atoms with van der Waals surface area (Å²) >= 11 is 0. The molecule has 0 radical (unpaired) electrons. The molecule has 186 valence electrons. The normalized spacial score (nSPS) is 33.6. The van der Waals surface area contributed by atoms with Crippen LogP contribution in [0.4, 0.5) is 11.5 Å². The molecule has 7 nitrogen and oxygen atoms in total. The van der Waals surface area contributed by atoms with Crippen LogP contribution in [0.25, 0.3) is 0 Å². The Morgan fingerprint density at radius 2 is 1.83 bits per heavy atom. The van der Waals surface area contributed by atoms with Crippen LogP contribution in [-0.2, 0) is 0 Å². The third-order valence-electron chi connectivity index (χ3n) is 8.86. The molecule has 2 heterocycles. The smallest absolute Gasteiger partial charge is 0.270 e. The lowest BCUT2D eigenvalue weighted by Gasteiger charge is -2.58. The molecule has 7 heteroatoms. The molecule has 2 aromatic rings. The Labute approximate surface area is 207 Å². The maximum absolute atomic E-state index is 13.2. The summed E-state index contributed by atoms with van der Waals surface area (Å²) in [5.41, 5.74) is 1.19. The minimum atomic E-state index is -0.486. The number of methoxy groups -OCH3 is 1. The number of benzene rings is 1. The first-order valence-corrected chi connectivity index (χ1v) is 13.1. The van der Waals surface area contributed by atoms with Crippen molar-refractivity contribution in [3.05, 3.63) is 48.2 Å². The summed E-state index contributed by atoms with van der Waals surface area (Å²) in [6.45, 7) is 4.84. The van der Waals surface area contributed by atoms with Crippen molar-refractivity contribution in [1.82, 2.24) is 10.3 Å². The van der Waals surface area contributed by atoms with Crippen LogP contribution in [0.15, 0.2) is 42.5 Å². The van der Waals surface area contributed by atoms with E-state index in [-0.39, 0.29) is 18.0 Å². The van der Waals surface area contributed by atoms with Gasteiger partial charge in [-0.05, 0) is 93.2 Å². The second kappa shape index (κ2) is 8.70. The summed E-state index contributed by atoms with van der Waals surface area (Å²) < 4.78 is 5.28. The fourth-order valence-corrected chi connectivity index (χ4v) is 7.48. The number of nitrogens with one attached hydrogen (secondary N) is 1. The number of rotatable bonds is 5. The molecule has 2 N–H and O–H groups in total. The van der Waals surface area contributed by atoms with Gasteiger partial charge in [0.05, 0.1) is 12.7 Å². The van der Waals surface area contributed by atoms with Crippen LogP contribution in [0.5, 0.6) is 5.75 Å². The Balaban J connectivity index is 1.12. The largest absolute Gasteiger partial charge is 0.497 e. The van der Waals surface area contributed by atoms with Gasteiger partial charge in [0.1, 0.15) is 17.3 Å². The first-order valence-electron chi connectivity index (χ1n) is 13.1. The van der Waals surface area contributed by atoms with Crippen LogP contribution in [0.3, 0.4) is 0 Å². The predicted molar refractivity (Wildman–Crippen MR) is 136 cm³/mol. The molecule has 1 aliphatic heterocycles. The molecule has 1 amide bonds. The highest BCUT2D eigenvalue weighted by molar-refractivity contribution is 5.93. The molecule has 1 saturated heterocycles. The van der Waals surface area contributed by atoms with Gasteiger partial charge in [-0.1, -0.05) is 6.07 Å². The Hall–Kier alpha value is -2.80. The van der Waals surface area contributed by atoms with E-state index in [1.54, 1.807) is 7.11 Å². The summed E-state index contributed by atoms with van der Waals surface area (Å²) in [6, 6.07) is 14.4. The SMILES string of the molecule is COc1ccc(N2CCN(c3cccc(C(=O)NC4C5CC6CC4CC(O)(C6)C5)n3)[C@H](C)C2)cc1. The topological polar surface area (TPSA) is 77.9 Å². The molecule has 3 atom stereocenters. The van der Waals surface area contributed by atoms with E-state index in [2.05, 4.69) is 34.2 Å². The predicted octanol–water partition coefficient (Wildman–Crippen LogP) is 3.47. The van der Waals surface area contributed by atoms with Crippen LogP contribution in [0.1, 0.15) is 49.5 Å². The summed E-state index contributed by atoms with van der Waals surface area (Å²) in [5, 5.41) is 14.2. The zero-order valence-electron chi connectivity index (χ0n) is 20.7. The molecule has 0 spiro atoms. The van der Waals surface area contributed by atoms with Gasteiger partial charge in [0.2, 0.25) is 0 Å². The van der Waals surface area contributed by atoms with Crippen LogP contribution in [0.2, 0.25) is 0 Å². The highest BCUT2D eigenvalue weighted by atomic mass is 16.5. The molecule has 5 aliphatic rings. The number of aromatic nitrogens is 1. The van der Waals surface area contributed by atoms with E-state index in [9.17, 15) is 9.90 Å². The monoisotopic (exact) mass is 476 g/mol. The number of amides is 1. The van der Waals surface area contributed by atoms with E-state index < -0.39 is 5.60 Å². The summed E-state index contributed by atoms with van der Waals surface area (Å²) in [5.74, 6) is 3.06. The lowest BCUT2D eigenvalue weighted by Crippen LogP contribution is -2.61. The number of ether oxygens (including phenoxy) is 1. The summed E-state index contributed by atoms with van der Waals surface area (Å²) in [6.07, 6.45) is 4.87. The van der Waals surface area contributed by atoms with Gasteiger partial charge in [-0.3, -0.25) is 4.79 Å². The second-order valence-corrected chi connectivity index (χ2v) is 11.3. The summed E-state index contributed by atoms with van der Waals surface area (Å²) in [4.78, 5) is 22.7. The average molecular weight is 477 g/mol. The second-order valence-electron chi connectivity index (χ2n) is 11.3. The molecule has 1 aromatic heterocycles. The number of hydrogen-bond acceptors (Lipinski definition) is 6. The molecular formula is C28H36N4O3. The lowest BCUT2D eigenvalue weighted by atomic mass is 9.52. The van der Waals surface area contributed by atoms with Crippen molar-refractivity contribution in [2.75, 3.05) is 36.5 Å². The quantitative estimate of drug-likeness (QED) is 0.688. The maximum atomic E-state index is 13.2. The highest BCUT2D eigenvalue weighted by Crippen LogP contribution is 2.55. The van der Waals surface area contributed by atoms with Crippen LogP contribution < -0.4 is 19.9 Å². The van der Waals surface area contributed by atoms with Crippen LogP contribution >= 0.6 is 0 Å². The number of hydrogen-bond donors (Lipinski definition) is 2. The number of anilines is 2. The zero-order valence-corrected chi connectivity index (χ0v) is 20.7. The summed E-state index contributed by atoms with van der Waals surface area (Å²) in [7, 11) is 1.68. The van der Waals surface area contributed by atoms with E-state index in [1.807, 2.05) is 30.3 Å². The number of aliphatic hydroxyl groups is 1. The standard InChI is InChI=1S/C28H36N4O3/c1-18-17-31(22-6-8-23(35-2)9-7-22)10-11-32(18)25-5-3-4-24(29-25)27(33)30-26-20-12-19-13-21(26)16-28(34,14-19)15-20/h3-9,18-21,26,34H,10-17H2,1-2H3,(H,30,33)/t18-,19?,20?,21?,26?,28?/m1/s1. The molecule has 4 bridgehead atoms. The van der Waals surface area contributed by atoms with Gasteiger partial charge in [0.25, 0.3) is 5.91 Å². The molecular weight excluding hydrogens is 440 g/mol. The Kier molecular flexibility index (Phi) is 5.63. The van der Waals surface area contributed by atoms with Crippen molar-refractivity contribution in [3.63, 3.8) is 0 Å². The van der Waals surface area contributed by atoms with E-state index in [1.165, 1.54) is 5.69 Å². The minimum Gasteiger partial charge on any atom is -0.497 e. The number of piperazine rings is 1. The highest BCUT2D eigenvalue weighted by Gasteiger charge is 2.55. The van der Waals surface area contributed by atoms with Crippen molar-refractivity contribution < 1.29 is 14.6 Å². The van der Waals surface area contributed by atoms with Gasteiger partial charge < -0.3 is 25.0 Å². The van der Waals surface area contributed by atoms with E-state index in [4.69, 9.17) is 9.72 Å². The maximum Gasteiger partial charge on any atom is 0.270 e. The minimum absolute atomic E-state index is 0.0826. The first-order chi connectivity index (χ1) is 16.9. The van der Waals surface area contributed by atoms with Gasteiger partial charge in [-0.15, -0.1) is 0 Å². The van der Waals surface area contributed by atoms with Crippen molar-refractivity contribution in [3.8, 4) is 5.75 Å². The third-order valence-corrected chi connectivity index (χ3v) is 8.86. The van der Waals surface area contributed by atoms with E-state index in [0.717, 1.165) is 63.3 Å². The lowest BCUT2D eigenvalue weighted by molar-refractivity contribution is -0.136. The van der Waals surface area contributed by atoms with E-state index in [0.29, 0.717) is 23.4 Å². The Morgan fingerprint density at radius 1 is 1.09 bits per heavy atom. The van der Waals surface area contributed by atoms with Crippen LogP contribution in [-0.4, -0.2) is 60.4 Å². The molecule has 2 unspecified atom stereocenters. The molecule has 1 aromatic carbocycles. The number of nitrogens with zero attached hydrogens (tertiary/aromatic N) is 3. The van der Waals surface area contributed by atoms with Gasteiger partial charge in [-0.2, -0.15) is 0 Å². The Morgan fingerprint density at radius 3 is 2.49 bits per heavy atom. The molecule has 35 heavy (non-hydrogen) atoms. The van der Waals surface area contributed by atoms with Crippen molar-refractivity contribution in [1.29, 1.82) is 0 Å². The molecule has 5 fully saturated rings. The van der Waals surface area contributed by atoms with Crippen molar-refractivity contribution in [2.24, 2.45) is 17.8 Å². The Bertz CT molecular complexity index is 1070. The van der Waals surface area contributed by atoms with Gasteiger partial charge in [0.15, 0.2) is 0 Å². The zero-order chi connectivity index (χ0) is 24.2. The third kappa shape index (κ3) is 4.24. The molecule has 4 saturated carbocycles. The molecule has 7 rings (SSSR count). The fourth-order valence-electron chi connectivity index (χ4n) is 7.48.